The monoisotopic (exact) mass is 223 g/mol. The highest BCUT2D eigenvalue weighted by molar-refractivity contribution is 5.02. The molecule has 1 saturated heterocycles. The second-order valence-corrected chi connectivity index (χ2v) is 4.48. The molecule has 1 atom stereocenters. The van der Waals surface area contributed by atoms with Crippen molar-refractivity contribution in [2.75, 3.05) is 13.2 Å². The van der Waals surface area contributed by atoms with Gasteiger partial charge >= 0.3 is 0 Å². The highest BCUT2D eigenvalue weighted by atomic mass is 16.5. The molecule has 1 aromatic heterocycles. The van der Waals surface area contributed by atoms with Crippen molar-refractivity contribution < 1.29 is 4.74 Å². The lowest BCUT2D eigenvalue weighted by Crippen LogP contribution is -2.25. The Morgan fingerprint density at radius 2 is 2.50 bits per heavy atom. The van der Waals surface area contributed by atoms with Crippen LogP contribution in [0.5, 0.6) is 0 Å². The zero-order valence-electron chi connectivity index (χ0n) is 9.98. The summed E-state index contributed by atoms with van der Waals surface area (Å²) < 4.78 is 7.51. The smallest absolute Gasteiger partial charge is 0.0587 e. The van der Waals surface area contributed by atoms with E-state index in [1.807, 2.05) is 24.1 Å². The van der Waals surface area contributed by atoms with Gasteiger partial charge in [-0.2, -0.15) is 5.10 Å². The van der Waals surface area contributed by atoms with Crippen LogP contribution in [-0.4, -0.2) is 29.0 Å². The predicted molar refractivity (Wildman–Crippen MR) is 63.1 cm³/mol. The van der Waals surface area contributed by atoms with Gasteiger partial charge in [-0.3, -0.25) is 4.68 Å². The SMILES string of the molecule is Cn1cc(CNCCC2CCCCO2)cn1. The van der Waals surface area contributed by atoms with Crippen LogP contribution in [0.4, 0.5) is 0 Å². The van der Waals surface area contributed by atoms with Crippen molar-refractivity contribution in [3.05, 3.63) is 18.0 Å². The van der Waals surface area contributed by atoms with Crippen molar-refractivity contribution in [3.8, 4) is 0 Å². The Balaban J connectivity index is 1.57. The van der Waals surface area contributed by atoms with Crippen LogP contribution in [0.1, 0.15) is 31.2 Å². The summed E-state index contributed by atoms with van der Waals surface area (Å²) in [5.74, 6) is 0. The van der Waals surface area contributed by atoms with Gasteiger partial charge in [0, 0.05) is 32.0 Å². The molecule has 1 unspecified atom stereocenters. The average Bonchev–Trinajstić information content (AvgIpc) is 2.72. The minimum atomic E-state index is 0.482. The molecule has 0 amide bonds. The molecule has 2 heterocycles. The van der Waals surface area contributed by atoms with E-state index >= 15 is 0 Å². The first-order valence-electron chi connectivity index (χ1n) is 6.14. The third-order valence-electron chi connectivity index (χ3n) is 3.00. The van der Waals surface area contributed by atoms with Crippen molar-refractivity contribution >= 4 is 0 Å². The molecule has 4 heteroatoms. The molecule has 0 bridgehead atoms. The molecule has 0 aliphatic carbocycles. The van der Waals surface area contributed by atoms with Gasteiger partial charge in [-0.05, 0) is 32.2 Å². The van der Waals surface area contributed by atoms with Gasteiger partial charge in [0.1, 0.15) is 0 Å². The largest absolute Gasteiger partial charge is 0.378 e. The summed E-state index contributed by atoms with van der Waals surface area (Å²) in [4.78, 5) is 0. The molecule has 1 aliphatic heterocycles. The first kappa shape index (κ1) is 11.6. The van der Waals surface area contributed by atoms with Crippen LogP contribution < -0.4 is 5.32 Å². The lowest BCUT2D eigenvalue weighted by atomic mass is 10.1. The van der Waals surface area contributed by atoms with Gasteiger partial charge < -0.3 is 10.1 Å². The van der Waals surface area contributed by atoms with E-state index in [-0.39, 0.29) is 0 Å². The standard InChI is InChI=1S/C12H21N3O/c1-15-10-11(9-14-15)8-13-6-5-12-4-2-3-7-16-12/h9-10,12-13H,2-8H2,1H3. The molecule has 2 rings (SSSR count). The van der Waals surface area contributed by atoms with Crippen LogP contribution >= 0.6 is 0 Å². The minimum absolute atomic E-state index is 0.482. The summed E-state index contributed by atoms with van der Waals surface area (Å²) in [5, 5.41) is 7.57. The summed E-state index contributed by atoms with van der Waals surface area (Å²) in [6.45, 7) is 2.88. The molecule has 0 spiro atoms. The fraction of sp³-hybridized carbons (Fsp3) is 0.750. The van der Waals surface area contributed by atoms with E-state index in [2.05, 4.69) is 10.4 Å². The molecule has 1 N–H and O–H groups in total. The topological polar surface area (TPSA) is 39.1 Å². The number of aryl methyl sites for hydroxylation is 1. The van der Waals surface area contributed by atoms with Crippen molar-refractivity contribution in [1.82, 2.24) is 15.1 Å². The fourth-order valence-corrected chi connectivity index (χ4v) is 2.09. The highest BCUT2D eigenvalue weighted by Crippen LogP contribution is 2.14. The van der Waals surface area contributed by atoms with Gasteiger partial charge in [-0.25, -0.2) is 0 Å². The van der Waals surface area contributed by atoms with Crippen molar-refractivity contribution in [2.45, 2.75) is 38.3 Å². The van der Waals surface area contributed by atoms with E-state index in [1.54, 1.807) is 0 Å². The zero-order valence-corrected chi connectivity index (χ0v) is 9.98. The highest BCUT2D eigenvalue weighted by Gasteiger charge is 2.12. The predicted octanol–water partition coefficient (Wildman–Crippen LogP) is 1.47. The van der Waals surface area contributed by atoms with E-state index in [1.165, 1.54) is 24.8 Å². The fourth-order valence-electron chi connectivity index (χ4n) is 2.09. The average molecular weight is 223 g/mol. The van der Waals surface area contributed by atoms with E-state index in [0.29, 0.717) is 6.10 Å². The number of rotatable bonds is 5. The summed E-state index contributed by atoms with van der Waals surface area (Å²) in [6, 6.07) is 0. The maximum Gasteiger partial charge on any atom is 0.0587 e. The van der Waals surface area contributed by atoms with Gasteiger partial charge in [-0.15, -0.1) is 0 Å². The lowest BCUT2D eigenvalue weighted by Gasteiger charge is -2.22. The van der Waals surface area contributed by atoms with Crippen molar-refractivity contribution in [1.29, 1.82) is 0 Å². The second kappa shape index (κ2) is 6.01. The molecule has 0 aromatic carbocycles. The molecule has 4 nitrogen and oxygen atoms in total. The summed E-state index contributed by atoms with van der Waals surface area (Å²) in [7, 11) is 1.94. The van der Waals surface area contributed by atoms with E-state index < -0.39 is 0 Å². The van der Waals surface area contributed by atoms with Crippen LogP contribution in [-0.2, 0) is 18.3 Å². The molecule has 16 heavy (non-hydrogen) atoms. The summed E-state index contributed by atoms with van der Waals surface area (Å²) in [5.41, 5.74) is 1.24. The lowest BCUT2D eigenvalue weighted by molar-refractivity contribution is 0.0115. The van der Waals surface area contributed by atoms with Crippen LogP contribution in [0.15, 0.2) is 12.4 Å². The van der Waals surface area contributed by atoms with E-state index in [0.717, 1.165) is 26.1 Å². The Morgan fingerprint density at radius 1 is 1.56 bits per heavy atom. The molecular weight excluding hydrogens is 202 g/mol. The third-order valence-corrected chi connectivity index (χ3v) is 3.00. The Labute approximate surface area is 97.0 Å². The minimum Gasteiger partial charge on any atom is -0.378 e. The van der Waals surface area contributed by atoms with Gasteiger partial charge in [0.15, 0.2) is 0 Å². The van der Waals surface area contributed by atoms with E-state index in [9.17, 15) is 0 Å². The van der Waals surface area contributed by atoms with Crippen molar-refractivity contribution in [3.63, 3.8) is 0 Å². The number of aromatic nitrogens is 2. The number of hydrogen-bond donors (Lipinski definition) is 1. The molecule has 90 valence electrons. The zero-order chi connectivity index (χ0) is 11.2. The quantitative estimate of drug-likeness (QED) is 0.768. The van der Waals surface area contributed by atoms with Crippen LogP contribution in [0.2, 0.25) is 0 Å². The van der Waals surface area contributed by atoms with Crippen LogP contribution in [0.25, 0.3) is 0 Å². The number of hydrogen-bond acceptors (Lipinski definition) is 3. The van der Waals surface area contributed by atoms with Gasteiger partial charge in [0.05, 0.1) is 12.3 Å². The molecule has 0 radical (unpaired) electrons. The van der Waals surface area contributed by atoms with E-state index in [4.69, 9.17) is 4.74 Å². The van der Waals surface area contributed by atoms with Gasteiger partial charge in [0.25, 0.3) is 0 Å². The molecular formula is C12H21N3O. The maximum absolute atomic E-state index is 5.68. The Morgan fingerprint density at radius 3 is 3.19 bits per heavy atom. The van der Waals surface area contributed by atoms with Crippen LogP contribution in [0.3, 0.4) is 0 Å². The number of ether oxygens (including phenoxy) is 1. The first-order valence-corrected chi connectivity index (χ1v) is 6.14. The maximum atomic E-state index is 5.68. The van der Waals surface area contributed by atoms with Crippen LogP contribution in [0, 0.1) is 0 Å². The van der Waals surface area contributed by atoms with Gasteiger partial charge in [0.2, 0.25) is 0 Å². The Bertz CT molecular complexity index is 305. The third kappa shape index (κ3) is 3.61. The van der Waals surface area contributed by atoms with Crippen molar-refractivity contribution in [2.24, 2.45) is 7.05 Å². The Kier molecular flexibility index (Phi) is 4.36. The Hall–Kier alpha value is -0.870. The summed E-state index contributed by atoms with van der Waals surface area (Å²) >= 11 is 0. The molecule has 1 fully saturated rings. The second-order valence-electron chi connectivity index (χ2n) is 4.48. The molecule has 1 aliphatic rings. The summed E-state index contributed by atoms with van der Waals surface area (Å²) in [6.07, 6.45) is 9.35. The molecule has 0 saturated carbocycles. The first-order chi connectivity index (χ1) is 7.84. The molecule has 1 aromatic rings. The normalized spacial score (nSPS) is 21.2. The number of nitrogens with one attached hydrogen (secondary N) is 1. The van der Waals surface area contributed by atoms with Gasteiger partial charge in [-0.1, -0.05) is 0 Å². The number of nitrogens with zero attached hydrogens (tertiary/aromatic N) is 2.